The van der Waals surface area contributed by atoms with Crippen molar-refractivity contribution < 1.29 is 22.7 Å². The van der Waals surface area contributed by atoms with Crippen molar-refractivity contribution in [1.29, 1.82) is 0 Å². The predicted molar refractivity (Wildman–Crippen MR) is 75.1 cm³/mol. The number of aromatic carboxylic acids is 1. The van der Waals surface area contributed by atoms with Crippen LogP contribution in [0.5, 0.6) is 0 Å². The lowest BCUT2D eigenvalue weighted by Gasteiger charge is -2.36. The molecule has 1 aromatic heterocycles. The van der Waals surface area contributed by atoms with Crippen LogP contribution in [0.25, 0.3) is 0 Å². The molecule has 0 radical (unpaired) electrons. The third-order valence-corrected chi connectivity index (χ3v) is 6.61. The highest BCUT2D eigenvalue weighted by molar-refractivity contribution is 9.10. The van der Waals surface area contributed by atoms with Gasteiger partial charge >= 0.3 is 5.97 Å². The normalized spacial score (nSPS) is 24.8. The zero-order valence-corrected chi connectivity index (χ0v) is 13.6. The molecule has 0 bridgehead atoms. The van der Waals surface area contributed by atoms with Crippen LogP contribution in [0.3, 0.4) is 0 Å². The summed E-state index contributed by atoms with van der Waals surface area (Å²) >= 11 is 2.99. The molecule has 0 saturated carbocycles. The van der Waals surface area contributed by atoms with E-state index in [1.807, 2.05) is 13.8 Å². The summed E-state index contributed by atoms with van der Waals surface area (Å²) in [6.07, 6.45) is 1.78. The van der Waals surface area contributed by atoms with Gasteiger partial charge in [0.1, 0.15) is 4.90 Å². The van der Waals surface area contributed by atoms with E-state index in [9.17, 15) is 13.2 Å². The predicted octanol–water partition coefficient (Wildman–Crippen LogP) is 2.55. The lowest BCUT2D eigenvalue weighted by Crippen LogP contribution is -2.45. The number of rotatable bonds is 3. The Kier molecular flexibility index (Phi) is 4.27. The molecule has 6 nitrogen and oxygen atoms in total. The molecule has 0 spiro atoms. The van der Waals surface area contributed by atoms with E-state index in [0.29, 0.717) is 6.54 Å². The summed E-state index contributed by atoms with van der Waals surface area (Å²) in [4.78, 5) is 10.7. The first kappa shape index (κ1) is 15.5. The standard InChI is InChI=1S/C12H16BrNO5S/c1-7-4-3-5-14(8(7)2)20(17,18)10-6-9(12(15)16)19-11(10)13/h6-8H,3-5H2,1-2H3,(H,15,16). The first-order valence-corrected chi connectivity index (χ1v) is 8.53. The molecule has 0 aromatic carbocycles. The average molecular weight is 366 g/mol. The summed E-state index contributed by atoms with van der Waals surface area (Å²) in [6.45, 7) is 4.32. The van der Waals surface area contributed by atoms with Crippen molar-refractivity contribution in [2.45, 2.75) is 37.6 Å². The molecule has 1 aliphatic heterocycles. The zero-order valence-electron chi connectivity index (χ0n) is 11.2. The Hall–Kier alpha value is -0.860. The van der Waals surface area contributed by atoms with Crippen LogP contribution >= 0.6 is 15.9 Å². The molecular formula is C12H16BrNO5S. The fourth-order valence-corrected chi connectivity index (χ4v) is 5.07. The van der Waals surface area contributed by atoms with E-state index in [1.165, 1.54) is 4.31 Å². The molecule has 1 fully saturated rings. The van der Waals surface area contributed by atoms with E-state index in [0.717, 1.165) is 18.9 Å². The summed E-state index contributed by atoms with van der Waals surface area (Å²) in [5, 5.41) is 8.87. The van der Waals surface area contributed by atoms with Gasteiger partial charge in [-0.1, -0.05) is 6.92 Å². The van der Waals surface area contributed by atoms with E-state index >= 15 is 0 Å². The van der Waals surface area contributed by atoms with Gasteiger partial charge < -0.3 is 9.52 Å². The van der Waals surface area contributed by atoms with Crippen LogP contribution in [0.15, 0.2) is 20.0 Å². The van der Waals surface area contributed by atoms with Gasteiger partial charge in [0.25, 0.3) is 0 Å². The van der Waals surface area contributed by atoms with Crippen molar-refractivity contribution >= 4 is 31.9 Å². The molecule has 112 valence electrons. The number of nitrogens with zero attached hydrogens (tertiary/aromatic N) is 1. The van der Waals surface area contributed by atoms with Crippen LogP contribution in [-0.4, -0.2) is 36.4 Å². The Bertz CT molecular complexity index is 624. The summed E-state index contributed by atoms with van der Waals surface area (Å²) < 4.78 is 31.6. The van der Waals surface area contributed by atoms with Crippen LogP contribution < -0.4 is 0 Å². The Morgan fingerprint density at radius 3 is 2.70 bits per heavy atom. The maximum atomic E-state index is 12.6. The minimum Gasteiger partial charge on any atom is -0.475 e. The van der Waals surface area contributed by atoms with Gasteiger partial charge in [-0.3, -0.25) is 0 Å². The number of halogens is 1. The van der Waals surface area contributed by atoms with Crippen LogP contribution in [-0.2, 0) is 10.0 Å². The van der Waals surface area contributed by atoms with E-state index < -0.39 is 21.8 Å². The minimum absolute atomic E-state index is 0.0691. The van der Waals surface area contributed by atoms with Crippen molar-refractivity contribution in [2.24, 2.45) is 5.92 Å². The SMILES string of the molecule is CC1CCCN(S(=O)(=O)c2cc(C(=O)O)oc2Br)C1C. The second-order valence-corrected chi connectivity index (χ2v) is 7.61. The van der Waals surface area contributed by atoms with Crippen molar-refractivity contribution in [2.75, 3.05) is 6.54 Å². The first-order valence-electron chi connectivity index (χ1n) is 6.29. The number of piperidine rings is 1. The summed E-state index contributed by atoms with van der Waals surface area (Å²) in [6, 6.07) is 0.928. The number of carbonyl (C=O) groups is 1. The monoisotopic (exact) mass is 365 g/mol. The third kappa shape index (κ3) is 2.64. The zero-order chi connectivity index (χ0) is 15.1. The smallest absolute Gasteiger partial charge is 0.371 e. The number of hydrogen-bond acceptors (Lipinski definition) is 4. The molecule has 1 aliphatic rings. The highest BCUT2D eigenvalue weighted by Crippen LogP contribution is 2.33. The number of furan rings is 1. The maximum absolute atomic E-state index is 12.6. The van der Waals surface area contributed by atoms with E-state index in [2.05, 4.69) is 15.9 Å². The lowest BCUT2D eigenvalue weighted by molar-refractivity contribution is 0.0661. The molecule has 2 atom stereocenters. The first-order chi connectivity index (χ1) is 9.25. The van der Waals surface area contributed by atoms with Crippen LogP contribution in [0.4, 0.5) is 0 Å². The molecule has 2 heterocycles. The second-order valence-electron chi connectivity index (χ2n) is 5.03. The van der Waals surface area contributed by atoms with Gasteiger partial charge in [0, 0.05) is 18.7 Å². The maximum Gasteiger partial charge on any atom is 0.371 e. The topological polar surface area (TPSA) is 87.8 Å². The molecule has 0 aliphatic carbocycles. The summed E-state index contributed by atoms with van der Waals surface area (Å²) in [7, 11) is -3.76. The van der Waals surface area contributed by atoms with Crippen molar-refractivity contribution in [3.63, 3.8) is 0 Å². The Morgan fingerprint density at radius 2 is 2.15 bits per heavy atom. The Labute approximate surface area is 125 Å². The van der Waals surface area contributed by atoms with E-state index in [4.69, 9.17) is 9.52 Å². The fourth-order valence-electron chi connectivity index (χ4n) is 2.40. The quantitative estimate of drug-likeness (QED) is 0.888. The average Bonchev–Trinajstić information content (AvgIpc) is 2.75. The fraction of sp³-hybridized carbons (Fsp3) is 0.583. The molecule has 2 unspecified atom stereocenters. The number of hydrogen-bond donors (Lipinski definition) is 1. The Balaban J connectivity index is 2.42. The molecule has 2 rings (SSSR count). The third-order valence-electron chi connectivity index (χ3n) is 3.77. The summed E-state index contributed by atoms with van der Waals surface area (Å²) in [5.74, 6) is -1.43. The highest BCUT2D eigenvalue weighted by Gasteiger charge is 2.37. The van der Waals surface area contributed by atoms with E-state index in [-0.39, 0.29) is 21.5 Å². The number of carboxylic acids is 1. The molecule has 0 amide bonds. The number of carboxylic acid groups (broad SMARTS) is 1. The molecule has 20 heavy (non-hydrogen) atoms. The van der Waals surface area contributed by atoms with Crippen LogP contribution in [0.1, 0.15) is 37.2 Å². The van der Waals surface area contributed by atoms with Gasteiger partial charge in [0.05, 0.1) is 0 Å². The van der Waals surface area contributed by atoms with Gasteiger partial charge in [0.15, 0.2) is 4.67 Å². The Morgan fingerprint density at radius 1 is 1.50 bits per heavy atom. The minimum atomic E-state index is -3.76. The van der Waals surface area contributed by atoms with Crippen LogP contribution in [0.2, 0.25) is 0 Å². The van der Waals surface area contributed by atoms with Crippen LogP contribution in [0, 0.1) is 5.92 Å². The van der Waals surface area contributed by atoms with Gasteiger partial charge in [-0.25, -0.2) is 13.2 Å². The van der Waals surface area contributed by atoms with Crippen molar-refractivity contribution in [3.8, 4) is 0 Å². The molecular weight excluding hydrogens is 350 g/mol. The highest BCUT2D eigenvalue weighted by atomic mass is 79.9. The molecule has 1 aromatic rings. The molecule has 8 heteroatoms. The number of sulfonamides is 1. The second kappa shape index (κ2) is 5.50. The van der Waals surface area contributed by atoms with Gasteiger partial charge in [-0.2, -0.15) is 4.31 Å². The molecule has 1 N–H and O–H groups in total. The van der Waals surface area contributed by atoms with Gasteiger partial charge in [-0.15, -0.1) is 0 Å². The van der Waals surface area contributed by atoms with Crippen molar-refractivity contribution in [3.05, 3.63) is 16.5 Å². The van der Waals surface area contributed by atoms with Gasteiger partial charge in [-0.05, 0) is 41.6 Å². The molecule has 1 saturated heterocycles. The van der Waals surface area contributed by atoms with Crippen molar-refractivity contribution in [1.82, 2.24) is 4.31 Å². The summed E-state index contributed by atoms with van der Waals surface area (Å²) in [5.41, 5.74) is 0. The van der Waals surface area contributed by atoms with Gasteiger partial charge in [0.2, 0.25) is 15.8 Å². The largest absolute Gasteiger partial charge is 0.475 e. The lowest BCUT2D eigenvalue weighted by atomic mass is 9.94. The van der Waals surface area contributed by atoms with E-state index in [1.54, 1.807) is 0 Å².